The summed E-state index contributed by atoms with van der Waals surface area (Å²) < 4.78 is 1.58. The van der Waals surface area contributed by atoms with E-state index in [0.29, 0.717) is 11.8 Å². The van der Waals surface area contributed by atoms with Gasteiger partial charge in [-0.3, -0.25) is 14.6 Å². The van der Waals surface area contributed by atoms with Crippen LogP contribution in [0.5, 0.6) is 0 Å². The number of aromatic nitrogens is 4. The molecule has 30 heavy (non-hydrogen) atoms. The van der Waals surface area contributed by atoms with Crippen LogP contribution < -0.4 is 10.9 Å². The van der Waals surface area contributed by atoms with Gasteiger partial charge in [0.1, 0.15) is 11.5 Å². The lowest BCUT2D eigenvalue weighted by Gasteiger charge is -2.21. The van der Waals surface area contributed by atoms with Gasteiger partial charge in [-0.2, -0.15) is 9.78 Å². The summed E-state index contributed by atoms with van der Waals surface area (Å²) in [6.07, 6.45) is 8.85. The van der Waals surface area contributed by atoms with Crippen LogP contribution in [0.1, 0.15) is 56.2 Å². The molecule has 0 bridgehead atoms. The molecule has 156 valence electrons. The van der Waals surface area contributed by atoms with E-state index in [0.717, 1.165) is 73.2 Å². The quantitative estimate of drug-likeness (QED) is 0.661. The summed E-state index contributed by atoms with van der Waals surface area (Å²) in [6.45, 7) is 0. The minimum Gasteiger partial charge on any atom is -0.310 e. The number of nitrogens with zero attached hydrogens (tertiary/aromatic N) is 3. The summed E-state index contributed by atoms with van der Waals surface area (Å²) in [7, 11) is 0. The van der Waals surface area contributed by atoms with E-state index in [-0.39, 0.29) is 17.4 Å². The van der Waals surface area contributed by atoms with Crippen LogP contribution >= 0.6 is 11.3 Å². The average Bonchev–Trinajstić information content (AvgIpc) is 3.44. The molecule has 0 aliphatic heterocycles. The number of thiophene rings is 1. The first kappa shape index (κ1) is 19.2. The Bertz CT molecular complexity index is 1110. The normalized spacial score (nSPS) is 16.9. The van der Waals surface area contributed by atoms with Crippen LogP contribution in [0.2, 0.25) is 0 Å². The Morgan fingerprint density at radius 1 is 1.17 bits per heavy atom. The van der Waals surface area contributed by atoms with Crippen molar-refractivity contribution in [3.8, 4) is 16.5 Å². The molecule has 7 nitrogen and oxygen atoms in total. The fraction of sp³-hybridized carbons (Fsp3) is 0.455. The zero-order valence-electron chi connectivity index (χ0n) is 16.8. The molecular weight excluding hydrogens is 398 g/mol. The van der Waals surface area contributed by atoms with Gasteiger partial charge in [0.05, 0.1) is 10.6 Å². The Morgan fingerprint density at radius 3 is 2.80 bits per heavy atom. The second-order valence-electron chi connectivity index (χ2n) is 8.15. The fourth-order valence-corrected chi connectivity index (χ4v) is 5.14. The van der Waals surface area contributed by atoms with Gasteiger partial charge in [0.2, 0.25) is 11.9 Å². The molecule has 0 radical (unpaired) electrons. The predicted molar refractivity (Wildman–Crippen MR) is 117 cm³/mol. The van der Waals surface area contributed by atoms with Gasteiger partial charge in [0, 0.05) is 17.5 Å². The first-order chi connectivity index (χ1) is 14.7. The molecule has 8 heteroatoms. The minimum absolute atomic E-state index is 0.0221. The second kappa shape index (κ2) is 8.18. The van der Waals surface area contributed by atoms with Crippen molar-refractivity contribution in [2.75, 3.05) is 5.32 Å². The van der Waals surface area contributed by atoms with Crippen LogP contribution in [0.15, 0.2) is 28.4 Å². The van der Waals surface area contributed by atoms with Gasteiger partial charge in [-0.1, -0.05) is 25.3 Å². The standard InChI is InChI=1S/C22H25N5O2S/c28-20(14-7-2-1-3-8-14)24-19-13-17(18-11-6-12-30-18)26-27(19)22-23-16-10-5-4-9-15(16)21(29)25-22/h6,11-14H,1-5,7-10H2,(H,24,28)(H,23,25,29). The van der Waals surface area contributed by atoms with Gasteiger partial charge >= 0.3 is 0 Å². The molecule has 1 amide bonds. The van der Waals surface area contributed by atoms with E-state index in [1.165, 1.54) is 6.42 Å². The molecule has 0 unspecified atom stereocenters. The van der Waals surface area contributed by atoms with Gasteiger partial charge in [0.25, 0.3) is 5.56 Å². The first-order valence-corrected chi connectivity index (χ1v) is 11.6. The van der Waals surface area contributed by atoms with Gasteiger partial charge in [-0.25, -0.2) is 4.98 Å². The third kappa shape index (κ3) is 3.71. The lowest BCUT2D eigenvalue weighted by atomic mass is 9.89. The largest absolute Gasteiger partial charge is 0.310 e. The summed E-state index contributed by atoms with van der Waals surface area (Å²) in [4.78, 5) is 34.2. The lowest BCUT2D eigenvalue weighted by Crippen LogP contribution is -2.27. The summed E-state index contributed by atoms with van der Waals surface area (Å²) in [5.74, 6) is 0.965. The smallest absolute Gasteiger partial charge is 0.255 e. The minimum atomic E-state index is -0.104. The highest BCUT2D eigenvalue weighted by Gasteiger charge is 2.24. The molecule has 2 N–H and O–H groups in total. The third-order valence-corrected chi connectivity index (χ3v) is 6.98. The zero-order chi connectivity index (χ0) is 20.5. The van der Waals surface area contributed by atoms with E-state index in [1.807, 2.05) is 23.6 Å². The molecule has 1 fully saturated rings. The number of aryl methyl sites for hydroxylation is 1. The predicted octanol–water partition coefficient (Wildman–Crippen LogP) is 4.08. The Kier molecular flexibility index (Phi) is 5.25. The SMILES string of the molecule is O=C(Nc1cc(-c2cccs2)nn1-c1nc2c(c(=O)[nH]1)CCCC2)C1CCCCC1. The maximum Gasteiger partial charge on any atom is 0.255 e. The molecule has 0 spiro atoms. The van der Waals surface area contributed by atoms with E-state index < -0.39 is 0 Å². The maximum absolute atomic E-state index is 12.9. The number of hydrogen-bond donors (Lipinski definition) is 2. The van der Waals surface area contributed by atoms with Crippen LogP contribution in [0.4, 0.5) is 5.82 Å². The van der Waals surface area contributed by atoms with Gasteiger partial charge in [-0.05, 0) is 50.0 Å². The molecule has 3 aromatic rings. The topological polar surface area (TPSA) is 92.7 Å². The Morgan fingerprint density at radius 2 is 2.00 bits per heavy atom. The molecule has 0 atom stereocenters. The molecule has 3 aromatic heterocycles. The molecule has 0 aromatic carbocycles. The highest BCUT2D eigenvalue weighted by Crippen LogP contribution is 2.29. The van der Waals surface area contributed by atoms with Gasteiger partial charge in [-0.15, -0.1) is 11.3 Å². The van der Waals surface area contributed by atoms with Crippen molar-refractivity contribution in [1.82, 2.24) is 19.7 Å². The molecule has 3 heterocycles. The van der Waals surface area contributed by atoms with Gasteiger partial charge in [0.15, 0.2) is 0 Å². The molecular formula is C22H25N5O2S. The number of carbonyl (C=O) groups is 1. The third-order valence-electron chi connectivity index (χ3n) is 6.09. The van der Waals surface area contributed by atoms with Crippen molar-refractivity contribution in [2.45, 2.75) is 57.8 Å². The molecule has 0 saturated heterocycles. The van der Waals surface area contributed by atoms with Crippen molar-refractivity contribution in [3.63, 3.8) is 0 Å². The number of anilines is 1. The number of nitrogens with one attached hydrogen (secondary N) is 2. The van der Waals surface area contributed by atoms with Crippen LogP contribution in [-0.2, 0) is 17.6 Å². The highest BCUT2D eigenvalue weighted by atomic mass is 32.1. The lowest BCUT2D eigenvalue weighted by molar-refractivity contribution is -0.120. The number of carbonyl (C=O) groups excluding carboxylic acids is 1. The number of H-pyrrole nitrogens is 1. The van der Waals surface area contributed by atoms with Crippen molar-refractivity contribution in [3.05, 3.63) is 45.2 Å². The Hall–Kier alpha value is -2.74. The monoisotopic (exact) mass is 423 g/mol. The summed E-state index contributed by atoms with van der Waals surface area (Å²) in [5, 5.41) is 9.75. The van der Waals surface area contributed by atoms with Crippen molar-refractivity contribution in [2.24, 2.45) is 5.92 Å². The van der Waals surface area contributed by atoms with Gasteiger partial charge < -0.3 is 5.32 Å². The summed E-state index contributed by atoms with van der Waals surface area (Å²) in [5.41, 5.74) is 2.28. The van der Waals surface area contributed by atoms with E-state index in [4.69, 9.17) is 10.1 Å². The number of rotatable bonds is 4. The van der Waals surface area contributed by atoms with E-state index in [1.54, 1.807) is 16.0 Å². The Labute approximate surface area is 178 Å². The van der Waals surface area contributed by atoms with Crippen LogP contribution in [-0.4, -0.2) is 25.7 Å². The summed E-state index contributed by atoms with van der Waals surface area (Å²) in [6, 6.07) is 5.83. The van der Waals surface area contributed by atoms with Crippen LogP contribution in [0.25, 0.3) is 16.5 Å². The van der Waals surface area contributed by atoms with E-state index >= 15 is 0 Å². The zero-order valence-corrected chi connectivity index (χ0v) is 17.6. The van der Waals surface area contributed by atoms with E-state index in [9.17, 15) is 9.59 Å². The molecule has 2 aliphatic carbocycles. The number of aromatic amines is 1. The van der Waals surface area contributed by atoms with Crippen molar-refractivity contribution in [1.29, 1.82) is 0 Å². The first-order valence-electron chi connectivity index (χ1n) is 10.8. The highest BCUT2D eigenvalue weighted by molar-refractivity contribution is 7.13. The van der Waals surface area contributed by atoms with Crippen molar-refractivity contribution < 1.29 is 4.79 Å². The number of hydrogen-bond acceptors (Lipinski definition) is 5. The Balaban J connectivity index is 1.54. The average molecular weight is 424 g/mol. The number of amides is 1. The van der Waals surface area contributed by atoms with Crippen molar-refractivity contribution >= 4 is 23.1 Å². The van der Waals surface area contributed by atoms with E-state index in [2.05, 4.69) is 10.3 Å². The molecule has 5 rings (SSSR count). The fourth-order valence-electron chi connectivity index (χ4n) is 4.46. The maximum atomic E-state index is 12.9. The molecule has 1 saturated carbocycles. The molecule has 2 aliphatic rings. The van der Waals surface area contributed by atoms with Crippen LogP contribution in [0.3, 0.4) is 0 Å². The van der Waals surface area contributed by atoms with Crippen LogP contribution in [0, 0.1) is 5.92 Å². The summed E-state index contributed by atoms with van der Waals surface area (Å²) >= 11 is 1.59. The second-order valence-corrected chi connectivity index (χ2v) is 9.10. The number of fused-ring (bicyclic) bond motifs is 1.